The van der Waals surface area contributed by atoms with Crippen molar-refractivity contribution >= 4 is 35.1 Å². The fourth-order valence-electron chi connectivity index (χ4n) is 1.21. The lowest BCUT2D eigenvalue weighted by Crippen LogP contribution is -2.21. The van der Waals surface area contributed by atoms with Crippen molar-refractivity contribution in [3.63, 3.8) is 0 Å². The Labute approximate surface area is 115 Å². The molecule has 0 fully saturated rings. The minimum Gasteiger partial charge on any atom is -0.458 e. The fraction of sp³-hybridized carbons (Fsp3) is 0.333. The summed E-state index contributed by atoms with van der Waals surface area (Å²) in [5, 5.41) is 0.898. The molecule has 1 aromatic rings. The van der Waals surface area contributed by atoms with Crippen molar-refractivity contribution in [3.05, 3.63) is 33.8 Å². The lowest BCUT2D eigenvalue weighted by Gasteiger charge is -2.05. The Kier molecular flexibility index (Phi) is 5.95. The van der Waals surface area contributed by atoms with Crippen molar-refractivity contribution in [2.24, 2.45) is 0 Å². The van der Waals surface area contributed by atoms with E-state index in [9.17, 15) is 9.59 Å². The highest BCUT2D eigenvalue weighted by molar-refractivity contribution is 6.42. The Morgan fingerprint density at radius 3 is 2.39 bits per heavy atom. The normalized spacial score (nSPS) is 9.94. The average molecular weight is 291 g/mol. The van der Waals surface area contributed by atoms with Crippen molar-refractivity contribution in [3.8, 4) is 0 Å². The van der Waals surface area contributed by atoms with Crippen molar-refractivity contribution in [1.82, 2.24) is 0 Å². The third kappa shape index (κ3) is 4.55. The van der Waals surface area contributed by atoms with Gasteiger partial charge in [-0.15, -0.1) is 0 Å². The van der Waals surface area contributed by atoms with Crippen LogP contribution in [0.5, 0.6) is 0 Å². The fourth-order valence-corrected chi connectivity index (χ4v) is 1.53. The minimum absolute atomic E-state index is 0.0790. The van der Waals surface area contributed by atoms with Gasteiger partial charge in [0.05, 0.1) is 23.3 Å². The molecule has 4 nitrogen and oxygen atoms in total. The van der Waals surface area contributed by atoms with Gasteiger partial charge in [-0.3, -0.25) is 0 Å². The molecule has 0 radical (unpaired) electrons. The molecule has 0 N–H and O–H groups in total. The number of esters is 2. The third-order valence-corrected chi connectivity index (χ3v) is 2.79. The lowest BCUT2D eigenvalue weighted by molar-refractivity contribution is -0.167. The second kappa shape index (κ2) is 7.24. The average Bonchev–Trinajstić information content (AvgIpc) is 2.34. The first kappa shape index (κ1) is 14.8. The molecule has 0 aliphatic rings. The Morgan fingerprint density at radius 2 is 1.78 bits per heavy atom. The topological polar surface area (TPSA) is 52.6 Å². The van der Waals surface area contributed by atoms with Gasteiger partial charge in [0.25, 0.3) is 0 Å². The van der Waals surface area contributed by atoms with Gasteiger partial charge in [0.1, 0.15) is 0 Å². The molecule has 0 aliphatic carbocycles. The van der Waals surface area contributed by atoms with Gasteiger partial charge in [-0.05, 0) is 24.6 Å². The number of benzene rings is 1. The summed E-state index contributed by atoms with van der Waals surface area (Å²) in [6.07, 6.45) is 0.446. The smallest absolute Gasteiger partial charge is 0.417 e. The number of carbonyl (C=O) groups excluding carboxylic acids is 2. The van der Waals surface area contributed by atoms with Crippen LogP contribution in [0.1, 0.15) is 12.5 Å². The van der Waals surface area contributed by atoms with Gasteiger partial charge >= 0.3 is 11.9 Å². The van der Waals surface area contributed by atoms with E-state index in [1.807, 2.05) is 0 Å². The molecule has 0 atom stereocenters. The highest BCUT2D eigenvalue weighted by atomic mass is 35.5. The maximum atomic E-state index is 11.1. The monoisotopic (exact) mass is 290 g/mol. The number of hydrogen-bond acceptors (Lipinski definition) is 4. The molecule has 98 valence electrons. The SMILES string of the molecule is CCOC(=O)C(=O)OCCc1ccc(Cl)c(Cl)c1. The highest BCUT2D eigenvalue weighted by Gasteiger charge is 2.16. The summed E-state index contributed by atoms with van der Waals surface area (Å²) in [5.74, 6) is -1.97. The zero-order chi connectivity index (χ0) is 13.5. The summed E-state index contributed by atoms with van der Waals surface area (Å²) in [5.41, 5.74) is 0.862. The first-order valence-corrected chi connectivity index (χ1v) is 6.08. The number of hydrogen-bond donors (Lipinski definition) is 0. The molecular formula is C12H12Cl2O4. The van der Waals surface area contributed by atoms with Gasteiger partial charge in [-0.1, -0.05) is 29.3 Å². The molecule has 18 heavy (non-hydrogen) atoms. The first-order chi connectivity index (χ1) is 8.54. The second-order valence-corrected chi connectivity index (χ2v) is 4.17. The number of carbonyl (C=O) groups is 2. The van der Waals surface area contributed by atoms with Crippen LogP contribution in [0.25, 0.3) is 0 Å². The molecule has 0 aliphatic heterocycles. The summed E-state index contributed by atoms with van der Waals surface area (Å²) >= 11 is 11.6. The van der Waals surface area contributed by atoms with E-state index in [0.717, 1.165) is 5.56 Å². The van der Waals surface area contributed by atoms with Crippen LogP contribution in [0.2, 0.25) is 10.0 Å². The molecule has 0 amide bonds. The van der Waals surface area contributed by atoms with Gasteiger partial charge in [0.15, 0.2) is 0 Å². The summed E-state index contributed by atoms with van der Waals surface area (Å²) in [7, 11) is 0. The van der Waals surface area contributed by atoms with Crippen LogP contribution in [-0.2, 0) is 25.5 Å². The van der Waals surface area contributed by atoms with Crippen LogP contribution in [-0.4, -0.2) is 25.2 Å². The lowest BCUT2D eigenvalue weighted by atomic mass is 10.2. The minimum atomic E-state index is -0.989. The predicted molar refractivity (Wildman–Crippen MR) is 67.8 cm³/mol. The Morgan fingerprint density at radius 1 is 1.11 bits per heavy atom. The van der Waals surface area contributed by atoms with Crippen molar-refractivity contribution in [2.45, 2.75) is 13.3 Å². The van der Waals surface area contributed by atoms with E-state index in [1.165, 1.54) is 0 Å². The van der Waals surface area contributed by atoms with Crippen molar-refractivity contribution in [2.75, 3.05) is 13.2 Å². The van der Waals surface area contributed by atoms with E-state index in [-0.39, 0.29) is 13.2 Å². The van der Waals surface area contributed by atoms with E-state index in [4.69, 9.17) is 27.9 Å². The molecular weight excluding hydrogens is 279 g/mol. The van der Waals surface area contributed by atoms with Crippen molar-refractivity contribution < 1.29 is 19.1 Å². The summed E-state index contributed by atoms with van der Waals surface area (Å²) in [6.45, 7) is 1.83. The number of ether oxygens (including phenoxy) is 2. The molecule has 0 saturated carbocycles. The van der Waals surface area contributed by atoms with Gasteiger partial charge in [0, 0.05) is 6.42 Å². The molecule has 0 spiro atoms. The molecule has 0 heterocycles. The number of halogens is 2. The van der Waals surface area contributed by atoms with Crippen LogP contribution < -0.4 is 0 Å². The van der Waals surface area contributed by atoms with Crippen LogP contribution in [0.3, 0.4) is 0 Å². The Hall–Kier alpha value is -1.26. The zero-order valence-corrected chi connectivity index (χ0v) is 11.3. The zero-order valence-electron chi connectivity index (χ0n) is 9.74. The van der Waals surface area contributed by atoms with Crippen LogP contribution in [0, 0.1) is 0 Å². The van der Waals surface area contributed by atoms with Gasteiger partial charge in [-0.2, -0.15) is 0 Å². The Bertz CT molecular complexity index is 446. The predicted octanol–water partition coefficient (Wildman–Crippen LogP) is 2.64. The van der Waals surface area contributed by atoms with E-state index < -0.39 is 11.9 Å². The molecule has 0 aromatic heterocycles. The quantitative estimate of drug-likeness (QED) is 0.632. The van der Waals surface area contributed by atoms with E-state index in [0.29, 0.717) is 16.5 Å². The first-order valence-electron chi connectivity index (χ1n) is 5.32. The van der Waals surface area contributed by atoms with Crippen molar-refractivity contribution in [1.29, 1.82) is 0 Å². The van der Waals surface area contributed by atoms with Crippen LogP contribution in [0.15, 0.2) is 18.2 Å². The Balaban J connectivity index is 2.39. The maximum absolute atomic E-state index is 11.1. The number of rotatable bonds is 4. The summed E-state index contributed by atoms with van der Waals surface area (Å²) in [6, 6.07) is 5.11. The molecule has 0 unspecified atom stereocenters. The van der Waals surface area contributed by atoms with Crippen LogP contribution >= 0.6 is 23.2 Å². The van der Waals surface area contributed by atoms with Gasteiger partial charge in [-0.25, -0.2) is 9.59 Å². The highest BCUT2D eigenvalue weighted by Crippen LogP contribution is 2.22. The van der Waals surface area contributed by atoms with Crippen LogP contribution in [0.4, 0.5) is 0 Å². The standard InChI is InChI=1S/C12H12Cl2O4/c1-2-17-11(15)12(16)18-6-5-8-3-4-9(13)10(14)7-8/h3-4,7H,2,5-6H2,1H3. The van der Waals surface area contributed by atoms with Gasteiger partial charge < -0.3 is 9.47 Å². The van der Waals surface area contributed by atoms with E-state index in [2.05, 4.69) is 4.74 Å². The molecule has 6 heteroatoms. The van der Waals surface area contributed by atoms with Gasteiger partial charge in [0.2, 0.25) is 0 Å². The van der Waals surface area contributed by atoms with E-state index >= 15 is 0 Å². The maximum Gasteiger partial charge on any atom is 0.417 e. The second-order valence-electron chi connectivity index (χ2n) is 3.35. The third-order valence-electron chi connectivity index (χ3n) is 2.05. The molecule has 0 bridgehead atoms. The summed E-state index contributed by atoms with van der Waals surface area (Å²) in [4.78, 5) is 22.0. The van der Waals surface area contributed by atoms with E-state index in [1.54, 1.807) is 25.1 Å². The molecule has 1 rings (SSSR count). The molecule has 1 aromatic carbocycles. The largest absolute Gasteiger partial charge is 0.458 e. The summed E-state index contributed by atoms with van der Waals surface area (Å²) < 4.78 is 9.23. The molecule has 0 saturated heterocycles.